The van der Waals surface area contributed by atoms with Crippen molar-refractivity contribution in [2.45, 2.75) is 37.6 Å². The van der Waals surface area contributed by atoms with Gasteiger partial charge in [-0.25, -0.2) is 0 Å². The van der Waals surface area contributed by atoms with Gasteiger partial charge in [0.15, 0.2) is 0 Å². The molecule has 1 heterocycles. The van der Waals surface area contributed by atoms with E-state index in [0.29, 0.717) is 5.92 Å². The van der Waals surface area contributed by atoms with Gasteiger partial charge in [-0.3, -0.25) is 11.3 Å². The molecule has 0 bridgehead atoms. The SMILES string of the molecule is NNC(Cc1ccc(Cl)s1)C1CCCc2ccccc21. The van der Waals surface area contributed by atoms with E-state index in [-0.39, 0.29) is 6.04 Å². The molecule has 106 valence electrons. The quantitative estimate of drug-likeness (QED) is 0.664. The Morgan fingerprint density at radius 3 is 2.90 bits per heavy atom. The van der Waals surface area contributed by atoms with Crippen molar-refractivity contribution < 1.29 is 0 Å². The lowest BCUT2D eigenvalue weighted by Crippen LogP contribution is -2.42. The van der Waals surface area contributed by atoms with Crippen LogP contribution in [0.25, 0.3) is 0 Å². The maximum Gasteiger partial charge on any atom is 0.0931 e. The summed E-state index contributed by atoms with van der Waals surface area (Å²) < 4.78 is 0.847. The van der Waals surface area contributed by atoms with Crippen molar-refractivity contribution in [3.63, 3.8) is 0 Å². The maximum atomic E-state index is 6.02. The van der Waals surface area contributed by atoms with E-state index in [0.717, 1.165) is 10.8 Å². The molecular weight excluding hydrogens is 288 g/mol. The predicted molar refractivity (Wildman–Crippen MR) is 86.3 cm³/mol. The Morgan fingerprint density at radius 1 is 1.30 bits per heavy atom. The summed E-state index contributed by atoms with van der Waals surface area (Å²) in [5.41, 5.74) is 5.98. The second-order valence-corrected chi connectivity index (χ2v) is 7.18. The molecule has 1 aliphatic rings. The highest BCUT2D eigenvalue weighted by atomic mass is 35.5. The highest BCUT2D eigenvalue weighted by Gasteiger charge is 2.27. The third-order valence-corrected chi connectivity index (χ3v) is 5.42. The van der Waals surface area contributed by atoms with Crippen molar-refractivity contribution in [3.8, 4) is 0 Å². The Morgan fingerprint density at radius 2 is 2.15 bits per heavy atom. The van der Waals surface area contributed by atoms with E-state index < -0.39 is 0 Å². The minimum Gasteiger partial charge on any atom is -0.271 e. The van der Waals surface area contributed by atoms with Crippen LogP contribution in [-0.4, -0.2) is 6.04 Å². The molecule has 3 N–H and O–H groups in total. The number of hydrogen-bond donors (Lipinski definition) is 2. The molecule has 3 rings (SSSR count). The van der Waals surface area contributed by atoms with Crippen molar-refractivity contribution >= 4 is 22.9 Å². The van der Waals surface area contributed by atoms with Crippen molar-refractivity contribution in [2.75, 3.05) is 0 Å². The first-order valence-corrected chi connectivity index (χ1v) is 8.25. The second kappa shape index (κ2) is 6.27. The zero-order chi connectivity index (χ0) is 13.9. The Hall–Kier alpha value is -0.870. The van der Waals surface area contributed by atoms with Crippen molar-refractivity contribution in [1.29, 1.82) is 0 Å². The first kappa shape index (κ1) is 14.1. The number of aryl methyl sites for hydroxylation is 1. The molecule has 1 aromatic carbocycles. The Bertz CT molecular complexity index is 581. The molecular formula is C16H19ClN2S. The molecule has 2 aromatic rings. The molecule has 0 fully saturated rings. The number of nitrogens with two attached hydrogens (primary N) is 1. The van der Waals surface area contributed by atoms with Gasteiger partial charge in [0.1, 0.15) is 0 Å². The largest absolute Gasteiger partial charge is 0.271 e. The maximum absolute atomic E-state index is 6.02. The number of benzene rings is 1. The van der Waals surface area contributed by atoms with E-state index in [2.05, 4.69) is 35.8 Å². The van der Waals surface area contributed by atoms with Crippen LogP contribution in [0.1, 0.15) is 34.8 Å². The van der Waals surface area contributed by atoms with Crippen LogP contribution in [0.4, 0.5) is 0 Å². The number of hydrazine groups is 1. The van der Waals surface area contributed by atoms with Crippen LogP contribution >= 0.6 is 22.9 Å². The van der Waals surface area contributed by atoms with E-state index in [9.17, 15) is 0 Å². The van der Waals surface area contributed by atoms with Crippen LogP contribution in [0.15, 0.2) is 36.4 Å². The molecule has 0 saturated heterocycles. The fourth-order valence-corrected chi connectivity index (χ4v) is 4.35. The molecule has 0 aliphatic heterocycles. The zero-order valence-corrected chi connectivity index (χ0v) is 12.9. The van der Waals surface area contributed by atoms with Crippen LogP contribution in [0.5, 0.6) is 0 Å². The van der Waals surface area contributed by atoms with E-state index in [4.69, 9.17) is 17.4 Å². The highest BCUT2D eigenvalue weighted by Crippen LogP contribution is 2.35. The Kier molecular flexibility index (Phi) is 4.41. The molecule has 0 spiro atoms. The second-order valence-electron chi connectivity index (χ2n) is 5.38. The number of hydrogen-bond acceptors (Lipinski definition) is 3. The lowest BCUT2D eigenvalue weighted by atomic mass is 9.78. The number of fused-ring (bicyclic) bond motifs is 1. The fraction of sp³-hybridized carbons (Fsp3) is 0.375. The van der Waals surface area contributed by atoms with E-state index in [1.807, 2.05) is 6.07 Å². The summed E-state index contributed by atoms with van der Waals surface area (Å²) in [5.74, 6) is 6.33. The standard InChI is InChI=1S/C16H19ClN2S/c17-16-9-8-12(20-16)10-15(19-18)14-7-3-5-11-4-1-2-6-13(11)14/h1-2,4,6,8-9,14-15,19H,3,5,7,10,18H2. The summed E-state index contributed by atoms with van der Waals surface area (Å²) in [5, 5.41) is 0. The van der Waals surface area contributed by atoms with Crippen LogP contribution < -0.4 is 11.3 Å². The number of thiophene rings is 1. The molecule has 2 unspecified atom stereocenters. The number of halogens is 1. The summed E-state index contributed by atoms with van der Waals surface area (Å²) >= 11 is 7.67. The Balaban J connectivity index is 1.83. The van der Waals surface area contributed by atoms with Crippen molar-refractivity contribution in [1.82, 2.24) is 5.43 Å². The van der Waals surface area contributed by atoms with Gasteiger partial charge in [-0.2, -0.15) is 0 Å². The molecule has 4 heteroatoms. The zero-order valence-electron chi connectivity index (χ0n) is 11.3. The number of nitrogens with one attached hydrogen (secondary N) is 1. The molecule has 1 aliphatic carbocycles. The summed E-state index contributed by atoms with van der Waals surface area (Å²) in [6.45, 7) is 0. The summed E-state index contributed by atoms with van der Waals surface area (Å²) in [6.07, 6.45) is 4.57. The summed E-state index contributed by atoms with van der Waals surface area (Å²) in [4.78, 5) is 1.29. The molecule has 0 amide bonds. The van der Waals surface area contributed by atoms with Crippen LogP contribution in [0, 0.1) is 0 Å². The van der Waals surface area contributed by atoms with Crippen molar-refractivity contribution in [2.24, 2.45) is 5.84 Å². The van der Waals surface area contributed by atoms with Crippen LogP contribution in [-0.2, 0) is 12.8 Å². The van der Waals surface area contributed by atoms with Gasteiger partial charge in [-0.05, 0) is 48.9 Å². The third-order valence-electron chi connectivity index (χ3n) is 4.17. The van der Waals surface area contributed by atoms with Crippen molar-refractivity contribution in [3.05, 3.63) is 56.7 Å². The molecule has 1 aromatic heterocycles. The van der Waals surface area contributed by atoms with E-state index >= 15 is 0 Å². The van der Waals surface area contributed by atoms with Gasteiger partial charge in [0.05, 0.1) is 4.34 Å². The minimum atomic E-state index is 0.270. The molecule has 20 heavy (non-hydrogen) atoms. The molecule has 2 nitrogen and oxygen atoms in total. The van der Waals surface area contributed by atoms with Crippen LogP contribution in [0.3, 0.4) is 0 Å². The van der Waals surface area contributed by atoms with E-state index in [1.54, 1.807) is 11.3 Å². The minimum absolute atomic E-state index is 0.270. The topological polar surface area (TPSA) is 38.0 Å². The average Bonchev–Trinajstić information content (AvgIpc) is 2.89. The van der Waals surface area contributed by atoms with Gasteiger partial charge in [0.25, 0.3) is 0 Å². The monoisotopic (exact) mass is 306 g/mol. The molecule has 0 radical (unpaired) electrons. The molecule has 0 saturated carbocycles. The molecule has 2 atom stereocenters. The van der Waals surface area contributed by atoms with Gasteiger partial charge in [0, 0.05) is 16.8 Å². The van der Waals surface area contributed by atoms with Crippen LogP contribution in [0.2, 0.25) is 4.34 Å². The first-order valence-electron chi connectivity index (χ1n) is 7.06. The van der Waals surface area contributed by atoms with Gasteiger partial charge >= 0.3 is 0 Å². The summed E-state index contributed by atoms with van der Waals surface area (Å²) in [6, 6.07) is 13.1. The first-order chi connectivity index (χ1) is 9.78. The van der Waals surface area contributed by atoms with Gasteiger partial charge in [0.2, 0.25) is 0 Å². The normalized spacial score (nSPS) is 19.6. The number of rotatable bonds is 4. The van der Waals surface area contributed by atoms with Gasteiger partial charge in [-0.15, -0.1) is 11.3 Å². The predicted octanol–water partition coefficient (Wildman–Crippen LogP) is 3.90. The highest BCUT2D eigenvalue weighted by molar-refractivity contribution is 7.16. The van der Waals surface area contributed by atoms with E-state index in [1.165, 1.54) is 35.3 Å². The fourth-order valence-electron chi connectivity index (χ4n) is 3.20. The average molecular weight is 307 g/mol. The Labute approximate surface area is 128 Å². The smallest absolute Gasteiger partial charge is 0.0931 e. The lowest BCUT2D eigenvalue weighted by molar-refractivity contribution is 0.396. The summed E-state index contributed by atoms with van der Waals surface area (Å²) in [7, 11) is 0. The van der Waals surface area contributed by atoms with Gasteiger partial charge < -0.3 is 0 Å². The van der Waals surface area contributed by atoms with Gasteiger partial charge in [-0.1, -0.05) is 35.9 Å². The third kappa shape index (κ3) is 2.91. The lowest BCUT2D eigenvalue weighted by Gasteiger charge is -2.32.